The molecule has 2 heterocycles. The number of rotatable bonds is 5. The highest BCUT2D eigenvalue weighted by atomic mass is 32.2. The summed E-state index contributed by atoms with van der Waals surface area (Å²) in [4.78, 5) is 16.3. The smallest absolute Gasteiger partial charge is 0.307 e. The number of para-hydroxylation sites is 1. The average Bonchev–Trinajstić information content (AvgIpc) is 3.47. The van der Waals surface area contributed by atoms with Crippen LogP contribution in [0.1, 0.15) is 40.3 Å². The molecule has 5 nitrogen and oxygen atoms in total. The molecule has 2 aliphatic rings. The molecule has 6 rings (SSSR count). The van der Waals surface area contributed by atoms with Gasteiger partial charge in [-0.15, -0.1) is 0 Å². The minimum atomic E-state index is -4.55. The first-order chi connectivity index (χ1) is 19.5. The SMILES string of the molecule is Cc1ccc(S(=O)(=O)N2CC[C@]3(C(=O)N(Cc4ccccc4)c4ccccc43)[C@H]2c2ccc(C(F)(F)F)cc2)cc1. The van der Waals surface area contributed by atoms with E-state index in [1.807, 2.05) is 55.5 Å². The van der Waals surface area contributed by atoms with E-state index >= 15 is 0 Å². The van der Waals surface area contributed by atoms with E-state index in [4.69, 9.17) is 0 Å². The molecular formula is C32H27F3N2O3S. The lowest BCUT2D eigenvalue weighted by Gasteiger charge is -2.35. The highest BCUT2D eigenvalue weighted by molar-refractivity contribution is 7.89. The van der Waals surface area contributed by atoms with Gasteiger partial charge in [0, 0.05) is 12.2 Å². The van der Waals surface area contributed by atoms with Crippen molar-refractivity contribution < 1.29 is 26.4 Å². The predicted molar refractivity (Wildman–Crippen MR) is 150 cm³/mol. The Balaban J connectivity index is 1.53. The molecule has 9 heteroatoms. The van der Waals surface area contributed by atoms with E-state index in [1.54, 1.807) is 23.1 Å². The van der Waals surface area contributed by atoms with E-state index in [0.29, 0.717) is 16.8 Å². The zero-order chi connectivity index (χ0) is 29.0. The van der Waals surface area contributed by atoms with Crippen LogP contribution in [0, 0.1) is 6.92 Å². The largest absolute Gasteiger partial charge is 0.416 e. The minimum absolute atomic E-state index is 0.0289. The van der Waals surface area contributed by atoms with Gasteiger partial charge in [0.15, 0.2) is 0 Å². The first-order valence-corrected chi connectivity index (χ1v) is 14.7. The van der Waals surface area contributed by atoms with Gasteiger partial charge in [-0.05, 0) is 60.4 Å². The molecule has 4 aromatic rings. The first kappa shape index (κ1) is 27.2. The van der Waals surface area contributed by atoms with E-state index < -0.39 is 33.2 Å². The number of hydrogen-bond acceptors (Lipinski definition) is 3. The van der Waals surface area contributed by atoms with Crippen molar-refractivity contribution in [1.29, 1.82) is 0 Å². The molecule has 0 aliphatic carbocycles. The van der Waals surface area contributed by atoms with Crippen molar-refractivity contribution in [3.05, 3.63) is 131 Å². The second-order valence-electron chi connectivity index (χ2n) is 10.6. The van der Waals surface area contributed by atoms with Gasteiger partial charge in [-0.2, -0.15) is 17.5 Å². The number of fused-ring (bicyclic) bond motifs is 2. The normalized spacial score (nSPS) is 21.0. The molecule has 0 aromatic heterocycles. The van der Waals surface area contributed by atoms with E-state index in [0.717, 1.165) is 23.3 Å². The lowest BCUT2D eigenvalue weighted by Crippen LogP contribution is -2.45. The number of carbonyl (C=O) groups excluding carboxylic acids is 1. The van der Waals surface area contributed by atoms with Crippen LogP contribution in [0.15, 0.2) is 108 Å². The first-order valence-electron chi connectivity index (χ1n) is 13.2. The maximum Gasteiger partial charge on any atom is 0.416 e. The fourth-order valence-corrected chi connectivity index (χ4v) is 7.85. The van der Waals surface area contributed by atoms with Crippen molar-refractivity contribution in [1.82, 2.24) is 4.31 Å². The third-order valence-corrected chi connectivity index (χ3v) is 10.0. The number of halogens is 3. The Kier molecular flexibility index (Phi) is 6.54. The molecule has 1 amide bonds. The Hall–Kier alpha value is -3.95. The third kappa shape index (κ3) is 4.44. The molecule has 0 radical (unpaired) electrons. The number of amides is 1. The Morgan fingerprint density at radius 1 is 0.854 bits per heavy atom. The van der Waals surface area contributed by atoms with Crippen molar-refractivity contribution in [2.75, 3.05) is 11.4 Å². The van der Waals surface area contributed by atoms with Crippen LogP contribution in [0.5, 0.6) is 0 Å². The van der Waals surface area contributed by atoms with Gasteiger partial charge in [0.05, 0.1) is 28.5 Å². The predicted octanol–water partition coefficient (Wildman–Crippen LogP) is 6.63. The fraction of sp³-hybridized carbons (Fsp3) is 0.219. The monoisotopic (exact) mass is 576 g/mol. The number of aryl methyl sites for hydroxylation is 1. The van der Waals surface area contributed by atoms with Crippen LogP contribution in [0.25, 0.3) is 0 Å². The summed E-state index contributed by atoms with van der Waals surface area (Å²) in [6.45, 7) is 2.16. The summed E-state index contributed by atoms with van der Waals surface area (Å²) in [6, 6.07) is 26.7. The third-order valence-electron chi connectivity index (χ3n) is 8.15. The van der Waals surface area contributed by atoms with Crippen LogP contribution < -0.4 is 4.90 Å². The molecule has 210 valence electrons. The average molecular weight is 577 g/mol. The lowest BCUT2D eigenvalue weighted by atomic mass is 9.72. The Labute approximate surface area is 236 Å². The quantitative estimate of drug-likeness (QED) is 0.268. The van der Waals surface area contributed by atoms with E-state index in [9.17, 15) is 26.4 Å². The van der Waals surface area contributed by atoms with Crippen LogP contribution in [0.3, 0.4) is 0 Å². The van der Waals surface area contributed by atoms with Crippen LogP contribution in [-0.2, 0) is 33.0 Å². The van der Waals surface area contributed by atoms with Crippen molar-refractivity contribution >= 4 is 21.6 Å². The summed E-state index contributed by atoms with van der Waals surface area (Å²) in [5, 5.41) is 0. The fourth-order valence-electron chi connectivity index (χ4n) is 6.19. The summed E-state index contributed by atoms with van der Waals surface area (Å²) in [6.07, 6.45) is -4.37. The van der Waals surface area contributed by atoms with Crippen molar-refractivity contribution in [2.45, 2.75) is 42.4 Å². The molecule has 1 fully saturated rings. The molecule has 2 aliphatic heterocycles. The standard InChI is InChI=1S/C32H27F3N2O3S/c1-22-11-17-26(18-12-22)41(39,40)37-20-19-31(29(37)24-13-15-25(16-14-24)32(33,34)35)27-9-5-6-10-28(27)36(30(31)38)21-23-7-3-2-4-8-23/h2-18,29H,19-21H2,1H3/t29-,31-/m1/s1. The number of alkyl halides is 3. The van der Waals surface area contributed by atoms with Gasteiger partial charge in [0.25, 0.3) is 0 Å². The van der Waals surface area contributed by atoms with E-state index in [2.05, 4.69) is 0 Å². The number of benzene rings is 4. The van der Waals surface area contributed by atoms with Crippen molar-refractivity contribution in [2.24, 2.45) is 0 Å². The van der Waals surface area contributed by atoms with Gasteiger partial charge in [-0.3, -0.25) is 4.79 Å². The molecule has 0 saturated carbocycles. The van der Waals surface area contributed by atoms with Gasteiger partial charge < -0.3 is 4.90 Å². The van der Waals surface area contributed by atoms with Gasteiger partial charge in [-0.25, -0.2) is 8.42 Å². The molecule has 0 bridgehead atoms. The van der Waals surface area contributed by atoms with Gasteiger partial charge in [0.2, 0.25) is 15.9 Å². The Morgan fingerprint density at radius 3 is 2.15 bits per heavy atom. The maximum absolute atomic E-state index is 14.6. The lowest BCUT2D eigenvalue weighted by molar-refractivity contribution is -0.137. The topological polar surface area (TPSA) is 57.7 Å². The molecule has 2 atom stereocenters. The zero-order valence-electron chi connectivity index (χ0n) is 22.2. The number of hydrogen-bond donors (Lipinski definition) is 0. The van der Waals surface area contributed by atoms with Crippen LogP contribution in [0.4, 0.5) is 18.9 Å². The molecular weight excluding hydrogens is 549 g/mol. The molecule has 41 heavy (non-hydrogen) atoms. The molecule has 1 saturated heterocycles. The highest BCUT2D eigenvalue weighted by Gasteiger charge is 2.62. The van der Waals surface area contributed by atoms with E-state index in [-0.39, 0.29) is 30.3 Å². The number of anilines is 1. The summed E-state index contributed by atoms with van der Waals surface area (Å²) in [5.41, 5.74) is 1.31. The van der Waals surface area contributed by atoms with Crippen molar-refractivity contribution in [3.8, 4) is 0 Å². The number of carbonyl (C=O) groups is 1. The van der Waals surface area contributed by atoms with Gasteiger partial charge in [-0.1, -0.05) is 78.4 Å². The van der Waals surface area contributed by atoms with Crippen molar-refractivity contribution in [3.63, 3.8) is 0 Å². The molecule has 4 aromatic carbocycles. The summed E-state index contributed by atoms with van der Waals surface area (Å²) < 4.78 is 69.9. The molecule has 0 N–H and O–H groups in total. The summed E-state index contributed by atoms with van der Waals surface area (Å²) in [7, 11) is -4.12. The minimum Gasteiger partial charge on any atom is -0.307 e. The van der Waals surface area contributed by atoms with Gasteiger partial charge >= 0.3 is 6.18 Å². The molecule has 1 spiro atoms. The summed E-state index contributed by atoms with van der Waals surface area (Å²) in [5.74, 6) is -0.269. The maximum atomic E-state index is 14.6. The second kappa shape index (κ2) is 9.85. The van der Waals surface area contributed by atoms with Crippen LogP contribution in [-0.4, -0.2) is 25.2 Å². The molecule has 0 unspecified atom stereocenters. The van der Waals surface area contributed by atoms with E-state index in [1.165, 1.54) is 28.6 Å². The van der Waals surface area contributed by atoms with Crippen LogP contribution >= 0.6 is 0 Å². The number of sulfonamides is 1. The Morgan fingerprint density at radius 2 is 1.49 bits per heavy atom. The Bertz CT molecular complexity index is 1710. The van der Waals surface area contributed by atoms with Gasteiger partial charge in [0.1, 0.15) is 0 Å². The highest BCUT2D eigenvalue weighted by Crippen LogP contribution is 2.58. The second-order valence-corrected chi connectivity index (χ2v) is 12.5. The zero-order valence-corrected chi connectivity index (χ0v) is 23.0. The summed E-state index contributed by atoms with van der Waals surface area (Å²) >= 11 is 0. The van der Waals surface area contributed by atoms with Crippen LogP contribution in [0.2, 0.25) is 0 Å². The number of nitrogens with zero attached hydrogens (tertiary/aromatic N) is 2.